The quantitative estimate of drug-likeness (QED) is 0.879. The van der Waals surface area contributed by atoms with Crippen LogP contribution in [0.25, 0.3) is 0 Å². The predicted molar refractivity (Wildman–Crippen MR) is 98.9 cm³/mol. The first-order valence-electron chi connectivity index (χ1n) is 10.1. The summed E-state index contributed by atoms with van der Waals surface area (Å²) in [5, 5.41) is 0. The van der Waals surface area contributed by atoms with Crippen LogP contribution in [-0.2, 0) is 4.74 Å². The SMILES string of the molecule is N[C@H]1C[C@@H](N2CCC3=C2CN(CC2CC2)C3)CO[C@@H]1c1cc(F)ccc1F. The molecule has 0 aromatic heterocycles. The molecule has 2 fully saturated rings. The molecule has 5 rings (SSSR count). The van der Waals surface area contributed by atoms with Crippen LogP contribution in [0.2, 0.25) is 0 Å². The van der Waals surface area contributed by atoms with Crippen molar-refractivity contribution in [3.8, 4) is 0 Å². The average molecular weight is 375 g/mol. The summed E-state index contributed by atoms with van der Waals surface area (Å²) >= 11 is 0. The van der Waals surface area contributed by atoms with Crippen LogP contribution in [0.15, 0.2) is 29.5 Å². The zero-order valence-corrected chi connectivity index (χ0v) is 15.5. The molecule has 0 spiro atoms. The minimum absolute atomic E-state index is 0.223. The van der Waals surface area contributed by atoms with Gasteiger partial charge in [-0.2, -0.15) is 0 Å². The van der Waals surface area contributed by atoms with E-state index in [9.17, 15) is 8.78 Å². The molecular weight excluding hydrogens is 348 g/mol. The largest absolute Gasteiger partial charge is 0.370 e. The molecule has 1 aromatic rings. The third-order valence-corrected chi connectivity index (χ3v) is 6.52. The smallest absolute Gasteiger partial charge is 0.129 e. The van der Waals surface area contributed by atoms with E-state index in [-0.39, 0.29) is 17.6 Å². The molecule has 1 aliphatic carbocycles. The second kappa shape index (κ2) is 6.83. The molecule has 2 N–H and O–H groups in total. The highest BCUT2D eigenvalue weighted by Gasteiger charge is 2.40. The number of hydrogen-bond acceptors (Lipinski definition) is 4. The van der Waals surface area contributed by atoms with Crippen molar-refractivity contribution in [1.82, 2.24) is 9.80 Å². The van der Waals surface area contributed by atoms with Gasteiger partial charge >= 0.3 is 0 Å². The molecule has 1 saturated heterocycles. The maximum atomic E-state index is 14.1. The van der Waals surface area contributed by atoms with Gasteiger partial charge in [-0.1, -0.05) is 0 Å². The maximum Gasteiger partial charge on any atom is 0.129 e. The summed E-state index contributed by atoms with van der Waals surface area (Å²) in [5.74, 6) is 0.000173. The van der Waals surface area contributed by atoms with Crippen molar-refractivity contribution in [3.05, 3.63) is 46.7 Å². The van der Waals surface area contributed by atoms with Crippen molar-refractivity contribution in [2.45, 2.75) is 43.9 Å². The zero-order valence-electron chi connectivity index (χ0n) is 15.5. The van der Waals surface area contributed by atoms with E-state index in [0.717, 1.165) is 50.5 Å². The minimum Gasteiger partial charge on any atom is -0.370 e. The Morgan fingerprint density at radius 3 is 2.81 bits per heavy atom. The van der Waals surface area contributed by atoms with Gasteiger partial charge in [0.25, 0.3) is 0 Å². The number of ether oxygens (including phenoxy) is 1. The predicted octanol–water partition coefficient (Wildman–Crippen LogP) is 2.81. The van der Waals surface area contributed by atoms with Crippen molar-refractivity contribution in [2.24, 2.45) is 11.7 Å². The molecule has 1 aromatic carbocycles. The highest BCUT2D eigenvalue weighted by atomic mass is 19.1. The fraction of sp³-hybridized carbons (Fsp3) is 0.619. The summed E-state index contributed by atoms with van der Waals surface area (Å²) < 4.78 is 33.7. The van der Waals surface area contributed by atoms with Crippen LogP contribution >= 0.6 is 0 Å². The Labute approximate surface area is 158 Å². The number of rotatable bonds is 4. The van der Waals surface area contributed by atoms with E-state index in [2.05, 4.69) is 9.80 Å². The summed E-state index contributed by atoms with van der Waals surface area (Å²) in [6, 6.07) is 3.37. The van der Waals surface area contributed by atoms with Crippen molar-refractivity contribution < 1.29 is 13.5 Å². The Balaban J connectivity index is 1.25. The Morgan fingerprint density at radius 2 is 2.04 bits per heavy atom. The van der Waals surface area contributed by atoms with E-state index in [1.165, 1.54) is 31.1 Å². The molecule has 3 atom stereocenters. The molecule has 1 saturated carbocycles. The number of halogens is 2. The van der Waals surface area contributed by atoms with Gasteiger partial charge in [-0.05, 0) is 55.4 Å². The molecule has 0 bridgehead atoms. The Bertz CT molecular complexity index is 764. The van der Waals surface area contributed by atoms with Gasteiger partial charge in [-0.25, -0.2) is 8.78 Å². The lowest BCUT2D eigenvalue weighted by molar-refractivity contribution is -0.0436. The van der Waals surface area contributed by atoms with E-state index in [0.29, 0.717) is 6.61 Å². The molecule has 3 aliphatic heterocycles. The highest BCUT2D eigenvalue weighted by Crippen LogP contribution is 2.38. The Hall–Kier alpha value is -1.50. The first-order valence-corrected chi connectivity index (χ1v) is 10.1. The first-order chi connectivity index (χ1) is 13.1. The molecule has 6 heteroatoms. The third kappa shape index (κ3) is 3.39. The van der Waals surface area contributed by atoms with Crippen LogP contribution in [0.1, 0.15) is 37.4 Å². The zero-order chi connectivity index (χ0) is 18.5. The average Bonchev–Trinajstić information content (AvgIpc) is 3.23. The third-order valence-electron chi connectivity index (χ3n) is 6.52. The van der Waals surface area contributed by atoms with Crippen molar-refractivity contribution in [3.63, 3.8) is 0 Å². The van der Waals surface area contributed by atoms with E-state index in [1.54, 1.807) is 5.57 Å². The second-order valence-electron chi connectivity index (χ2n) is 8.58. The van der Waals surface area contributed by atoms with Crippen LogP contribution < -0.4 is 5.73 Å². The molecule has 146 valence electrons. The Kier molecular flexibility index (Phi) is 4.45. The van der Waals surface area contributed by atoms with Crippen LogP contribution in [0.3, 0.4) is 0 Å². The van der Waals surface area contributed by atoms with Crippen LogP contribution in [0.4, 0.5) is 8.78 Å². The van der Waals surface area contributed by atoms with Gasteiger partial charge in [0, 0.05) is 43.5 Å². The van der Waals surface area contributed by atoms with Gasteiger partial charge in [-0.3, -0.25) is 4.90 Å². The van der Waals surface area contributed by atoms with Crippen molar-refractivity contribution in [1.29, 1.82) is 0 Å². The van der Waals surface area contributed by atoms with E-state index in [4.69, 9.17) is 10.5 Å². The van der Waals surface area contributed by atoms with Gasteiger partial charge < -0.3 is 15.4 Å². The molecule has 4 nitrogen and oxygen atoms in total. The van der Waals surface area contributed by atoms with Gasteiger partial charge in [0.15, 0.2) is 0 Å². The van der Waals surface area contributed by atoms with Gasteiger partial charge in [0.05, 0.1) is 12.6 Å². The van der Waals surface area contributed by atoms with Crippen LogP contribution in [0, 0.1) is 17.6 Å². The summed E-state index contributed by atoms with van der Waals surface area (Å²) in [4.78, 5) is 5.04. The molecule has 3 heterocycles. The van der Waals surface area contributed by atoms with E-state index in [1.807, 2.05) is 0 Å². The van der Waals surface area contributed by atoms with E-state index >= 15 is 0 Å². The fourth-order valence-electron chi connectivity index (χ4n) is 4.96. The van der Waals surface area contributed by atoms with Crippen molar-refractivity contribution in [2.75, 3.05) is 32.8 Å². The number of nitrogens with two attached hydrogens (primary N) is 1. The Morgan fingerprint density at radius 1 is 1.19 bits per heavy atom. The molecule has 4 aliphatic rings. The first kappa shape index (κ1) is 17.6. The standard InChI is InChI=1S/C21H27F2N3O/c22-15-3-4-18(23)17(7-15)21-19(24)8-16(12-27-21)26-6-5-14-10-25(11-20(14)26)9-13-1-2-13/h3-4,7,13,16,19,21H,1-2,5-6,8-12,24H2/t16-,19+,21-/m1/s1. The maximum absolute atomic E-state index is 14.1. The minimum atomic E-state index is -0.581. The summed E-state index contributed by atoms with van der Waals surface area (Å²) in [5.41, 5.74) is 9.63. The molecule has 0 unspecified atom stereocenters. The monoisotopic (exact) mass is 375 g/mol. The summed E-state index contributed by atoms with van der Waals surface area (Å²) in [7, 11) is 0. The summed E-state index contributed by atoms with van der Waals surface area (Å²) in [6.07, 6.45) is 4.05. The lowest BCUT2D eigenvalue weighted by atomic mass is 9.93. The fourth-order valence-corrected chi connectivity index (χ4v) is 4.96. The number of hydrogen-bond donors (Lipinski definition) is 1. The number of nitrogens with zero attached hydrogens (tertiary/aromatic N) is 2. The van der Waals surface area contributed by atoms with E-state index < -0.39 is 17.7 Å². The highest BCUT2D eigenvalue weighted by molar-refractivity contribution is 5.29. The van der Waals surface area contributed by atoms with Crippen LogP contribution in [-0.4, -0.2) is 54.7 Å². The van der Waals surface area contributed by atoms with Gasteiger partial charge in [0.2, 0.25) is 0 Å². The topological polar surface area (TPSA) is 41.7 Å². The molecule has 0 radical (unpaired) electrons. The normalized spacial score (nSPS) is 31.7. The lowest BCUT2D eigenvalue weighted by Crippen LogP contribution is -2.49. The summed E-state index contributed by atoms with van der Waals surface area (Å²) in [6.45, 7) is 4.91. The second-order valence-corrected chi connectivity index (χ2v) is 8.58. The van der Waals surface area contributed by atoms with Crippen molar-refractivity contribution >= 4 is 0 Å². The van der Waals surface area contributed by atoms with Gasteiger partial charge in [-0.15, -0.1) is 0 Å². The van der Waals surface area contributed by atoms with Crippen LogP contribution in [0.5, 0.6) is 0 Å². The van der Waals surface area contributed by atoms with Gasteiger partial charge in [0.1, 0.15) is 17.7 Å². The lowest BCUT2D eigenvalue weighted by Gasteiger charge is -2.40. The molecular formula is C21H27F2N3O. The molecule has 0 amide bonds. The molecule has 27 heavy (non-hydrogen) atoms. The number of benzene rings is 1.